The molecule has 0 radical (unpaired) electrons. The number of ether oxygens (including phenoxy) is 1. The molecule has 0 unspecified atom stereocenters. The maximum atomic E-state index is 5.53. The van der Waals surface area contributed by atoms with Crippen molar-refractivity contribution in [1.29, 1.82) is 0 Å². The van der Waals surface area contributed by atoms with Crippen LogP contribution in [-0.4, -0.2) is 23.8 Å². The Hall–Kier alpha value is -0.940. The van der Waals surface area contributed by atoms with Gasteiger partial charge in [-0.25, -0.2) is 0 Å². The quantitative estimate of drug-likeness (QED) is 0.770. The Morgan fingerprint density at radius 2 is 2.00 bits per heavy atom. The first kappa shape index (κ1) is 13.1. The van der Waals surface area contributed by atoms with Crippen molar-refractivity contribution >= 4 is 0 Å². The molecule has 1 aromatic rings. The Kier molecular flexibility index (Phi) is 4.89. The van der Waals surface area contributed by atoms with Crippen molar-refractivity contribution in [3.05, 3.63) is 11.7 Å². The molecule has 92 valence electrons. The lowest BCUT2D eigenvalue weighted by molar-refractivity contribution is -0.0306. The third-order valence-corrected chi connectivity index (χ3v) is 2.93. The minimum atomic E-state index is -0.409. The Balaban J connectivity index is 2.81. The molecule has 1 N–H and O–H groups in total. The molecule has 0 fully saturated rings. The van der Waals surface area contributed by atoms with E-state index in [1.54, 1.807) is 7.11 Å². The highest BCUT2D eigenvalue weighted by Crippen LogP contribution is 2.29. The van der Waals surface area contributed by atoms with E-state index in [4.69, 9.17) is 9.26 Å². The summed E-state index contributed by atoms with van der Waals surface area (Å²) in [5.41, 5.74) is -0.409. The molecule has 1 rings (SSSR count). The molecule has 1 heterocycles. The molecule has 0 atom stereocenters. The number of nitrogens with zero attached hydrogens (tertiary/aromatic N) is 2. The molecule has 5 nitrogen and oxygen atoms in total. The monoisotopic (exact) mass is 227 g/mol. The van der Waals surface area contributed by atoms with Crippen molar-refractivity contribution in [2.45, 2.75) is 45.8 Å². The first-order chi connectivity index (χ1) is 7.72. The van der Waals surface area contributed by atoms with Crippen molar-refractivity contribution in [1.82, 2.24) is 15.5 Å². The lowest BCUT2D eigenvalue weighted by Crippen LogP contribution is -2.28. The summed E-state index contributed by atoms with van der Waals surface area (Å²) in [6.45, 7) is 7.65. The van der Waals surface area contributed by atoms with Crippen LogP contribution in [0.15, 0.2) is 4.52 Å². The van der Waals surface area contributed by atoms with E-state index in [-0.39, 0.29) is 0 Å². The van der Waals surface area contributed by atoms with E-state index in [0.29, 0.717) is 18.3 Å². The summed E-state index contributed by atoms with van der Waals surface area (Å²) in [4.78, 5) is 4.37. The minimum absolute atomic E-state index is 0.409. The van der Waals surface area contributed by atoms with Gasteiger partial charge in [0.25, 0.3) is 0 Å². The third kappa shape index (κ3) is 2.59. The average molecular weight is 227 g/mol. The van der Waals surface area contributed by atoms with Crippen molar-refractivity contribution in [2.75, 3.05) is 13.7 Å². The summed E-state index contributed by atoms with van der Waals surface area (Å²) < 4.78 is 10.7. The fourth-order valence-electron chi connectivity index (χ4n) is 1.69. The van der Waals surface area contributed by atoms with Gasteiger partial charge >= 0.3 is 0 Å². The maximum absolute atomic E-state index is 5.53. The number of aromatic nitrogens is 2. The Morgan fingerprint density at radius 1 is 1.31 bits per heavy atom. The highest BCUT2D eigenvalue weighted by atomic mass is 16.5. The van der Waals surface area contributed by atoms with Gasteiger partial charge in [-0.05, 0) is 19.4 Å². The lowest BCUT2D eigenvalue weighted by Gasteiger charge is -2.25. The van der Waals surface area contributed by atoms with Crippen LogP contribution in [0, 0.1) is 0 Å². The van der Waals surface area contributed by atoms with Gasteiger partial charge in [0.15, 0.2) is 0 Å². The number of rotatable bonds is 7. The molecular weight excluding hydrogens is 206 g/mol. The van der Waals surface area contributed by atoms with Gasteiger partial charge in [-0.15, -0.1) is 0 Å². The zero-order chi connectivity index (χ0) is 12.0. The predicted molar refractivity (Wildman–Crippen MR) is 60.9 cm³/mol. The fraction of sp³-hybridized carbons (Fsp3) is 0.818. The van der Waals surface area contributed by atoms with Crippen molar-refractivity contribution in [3.63, 3.8) is 0 Å². The highest BCUT2D eigenvalue weighted by Gasteiger charge is 2.33. The van der Waals surface area contributed by atoms with Crippen LogP contribution < -0.4 is 5.32 Å². The SMILES string of the molecule is CCNCc1nc(C(CC)(CC)OC)no1. The van der Waals surface area contributed by atoms with Gasteiger partial charge in [-0.1, -0.05) is 25.9 Å². The second-order valence-corrected chi connectivity index (χ2v) is 3.70. The second kappa shape index (κ2) is 5.96. The van der Waals surface area contributed by atoms with E-state index in [1.807, 2.05) is 6.92 Å². The van der Waals surface area contributed by atoms with Gasteiger partial charge in [-0.3, -0.25) is 0 Å². The number of hydrogen-bond acceptors (Lipinski definition) is 5. The molecule has 0 spiro atoms. The molecule has 0 aromatic carbocycles. The molecule has 0 aliphatic rings. The summed E-state index contributed by atoms with van der Waals surface area (Å²) in [6, 6.07) is 0. The molecule has 1 aromatic heterocycles. The van der Waals surface area contributed by atoms with Crippen molar-refractivity contribution in [2.24, 2.45) is 0 Å². The Morgan fingerprint density at radius 3 is 2.50 bits per heavy atom. The number of hydrogen-bond donors (Lipinski definition) is 1. The van der Waals surface area contributed by atoms with Crippen LogP contribution in [0.1, 0.15) is 45.3 Å². The van der Waals surface area contributed by atoms with E-state index in [2.05, 4.69) is 29.3 Å². The largest absolute Gasteiger partial charge is 0.370 e. The van der Waals surface area contributed by atoms with Gasteiger partial charge < -0.3 is 14.6 Å². The van der Waals surface area contributed by atoms with E-state index < -0.39 is 5.60 Å². The Bertz CT molecular complexity index is 300. The van der Waals surface area contributed by atoms with Crippen molar-refractivity contribution in [3.8, 4) is 0 Å². The van der Waals surface area contributed by atoms with E-state index >= 15 is 0 Å². The highest BCUT2D eigenvalue weighted by molar-refractivity contribution is 5.00. The van der Waals surface area contributed by atoms with Crippen LogP contribution in [0.2, 0.25) is 0 Å². The smallest absolute Gasteiger partial charge is 0.240 e. The zero-order valence-electron chi connectivity index (χ0n) is 10.5. The van der Waals surface area contributed by atoms with Crippen LogP contribution in [0.3, 0.4) is 0 Å². The van der Waals surface area contributed by atoms with Gasteiger partial charge in [0.2, 0.25) is 11.7 Å². The summed E-state index contributed by atoms with van der Waals surface area (Å²) in [5, 5.41) is 7.15. The molecule has 0 saturated heterocycles. The molecule has 0 aliphatic carbocycles. The minimum Gasteiger partial charge on any atom is -0.370 e. The molecule has 16 heavy (non-hydrogen) atoms. The van der Waals surface area contributed by atoms with Crippen molar-refractivity contribution < 1.29 is 9.26 Å². The molecular formula is C11H21N3O2. The summed E-state index contributed by atoms with van der Waals surface area (Å²) >= 11 is 0. The Labute approximate surface area is 96.6 Å². The molecule has 0 bridgehead atoms. The summed E-state index contributed by atoms with van der Waals surface area (Å²) in [5.74, 6) is 1.26. The van der Waals surface area contributed by atoms with Crippen LogP contribution in [0.5, 0.6) is 0 Å². The number of nitrogens with one attached hydrogen (secondary N) is 1. The zero-order valence-corrected chi connectivity index (χ0v) is 10.5. The second-order valence-electron chi connectivity index (χ2n) is 3.70. The topological polar surface area (TPSA) is 60.2 Å². The maximum Gasteiger partial charge on any atom is 0.240 e. The third-order valence-electron chi connectivity index (χ3n) is 2.93. The normalized spacial score (nSPS) is 12.0. The van der Waals surface area contributed by atoms with Crippen LogP contribution in [-0.2, 0) is 16.9 Å². The first-order valence-electron chi connectivity index (χ1n) is 5.81. The predicted octanol–water partition coefficient (Wildman–Crippen LogP) is 1.84. The van der Waals surface area contributed by atoms with Gasteiger partial charge in [0.05, 0.1) is 6.54 Å². The average Bonchev–Trinajstić information content (AvgIpc) is 2.79. The fourth-order valence-corrected chi connectivity index (χ4v) is 1.69. The lowest BCUT2D eigenvalue weighted by atomic mass is 9.96. The standard InChI is InChI=1S/C11H21N3O2/c1-5-11(6-2,15-4)10-13-9(16-14-10)8-12-7-3/h12H,5-8H2,1-4H3. The van der Waals surface area contributed by atoms with E-state index in [9.17, 15) is 0 Å². The van der Waals surface area contributed by atoms with Gasteiger partial charge in [0, 0.05) is 7.11 Å². The van der Waals surface area contributed by atoms with Gasteiger partial charge in [-0.2, -0.15) is 4.98 Å². The van der Waals surface area contributed by atoms with Crippen LogP contribution in [0.4, 0.5) is 0 Å². The van der Waals surface area contributed by atoms with E-state index in [1.165, 1.54) is 0 Å². The summed E-state index contributed by atoms with van der Waals surface area (Å²) in [7, 11) is 1.69. The summed E-state index contributed by atoms with van der Waals surface area (Å²) in [6.07, 6.45) is 1.67. The molecule has 0 saturated carbocycles. The first-order valence-corrected chi connectivity index (χ1v) is 5.81. The van der Waals surface area contributed by atoms with E-state index in [0.717, 1.165) is 19.4 Å². The van der Waals surface area contributed by atoms with Crippen LogP contribution >= 0.6 is 0 Å². The molecule has 0 aliphatic heterocycles. The van der Waals surface area contributed by atoms with Gasteiger partial charge in [0.1, 0.15) is 5.60 Å². The number of methoxy groups -OCH3 is 1. The molecule has 5 heteroatoms. The van der Waals surface area contributed by atoms with Crippen LogP contribution in [0.25, 0.3) is 0 Å². The molecule has 0 amide bonds.